The van der Waals surface area contributed by atoms with Gasteiger partial charge in [-0.05, 0) is 23.8 Å². The molecule has 0 fully saturated rings. The van der Waals surface area contributed by atoms with E-state index in [2.05, 4.69) is 10.4 Å². The molecule has 1 N–H and O–H groups in total. The molecule has 6 heteroatoms. The van der Waals surface area contributed by atoms with Crippen molar-refractivity contribution in [3.05, 3.63) is 93.4 Å². The largest absolute Gasteiger partial charge is 0.319 e. The number of halogens is 1. The predicted molar refractivity (Wildman–Crippen MR) is 93.4 cm³/mol. The molecule has 0 aliphatic heterocycles. The monoisotopic (exact) mass is 339 g/mol. The van der Waals surface area contributed by atoms with E-state index in [0.29, 0.717) is 17.3 Å². The molecule has 1 heterocycles. The second kappa shape index (κ2) is 7.10. The Kier molecular flexibility index (Phi) is 4.72. The molecule has 3 aromatic rings. The molecular formula is C18H14ClN3O2. The van der Waals surface area contributed by atoms with Gasteiger partial charge in [-0.25, -0.2) is 4.68 Å². The third-order valence-corrected chi connectivity index (χ3v) is 3.73. The van der Waals surface area contributed by atoms with Gasteiger partial charge in [0.25, 0.3) is 11.5 Å². The molecule has 3 rings (SSSR count). The molecule has 0 radical (unpaired) electrons. The van der Waals surface area contributed by atoms with Crippen LogP contribution in [-0.4, -0.2) is 15.7 Å². The summed E-state index contributed by atoms with van der Waals surface area (Å²) < 4.78 is 1.26. The number of nitrogens with one attached hydrogen (secondary N) is 1. The van der Waals surface area contributed by atoms with E-state index in [-0.39, 0.29) is 11.3 Å². The van der Waals surface area contributed by atoms with Gasteiger partial charge in [0.1, 0.15) is 5.69 Å². The molecule has 0 saturated carbocycles. The number of aromatic nitrogens is 2. The SMILES string of the molecule is O=C(Nc1ccccc1Cl)c1ccc(=O)n(Cc2ccccc2)n1. The molecule has 2 aromatic carbocycles. The summed E-state index contributed by atoms with van der Waals surface area (Å²) in [5, 5.41) is 7.26. The number of hydrogen-bond acceptors (Lipinski definition) is 3. The maximum Gasteiger partial charge on any atom is 0.276 e. The lowest BCUT2D eigenvalue weighted by atomic mass is 10.2. The van der Waals surface area contributed by atoms with Crippen LogP contribution in [0.4, 0.5) is 5.69 Å². The number of anilines is 1. The topological polar surface area (TPSA) is 64.0 Å². The van der Waals surface area contributed by atoms with Gasteiger partial charge < -0.3 is 5.32 Å². The molecule has 0 aliphatic carbocycles. The molecule has 0 saturated heterocycles. The smallest absolute Gasteiger partial charge is 0.276 e. The average molecular weight is 340 g/mol. The van der Waals surface area contributed by atoms with Crippen LogP contribution in [0.25, 0.3) is 0 Å². The molecule has 0 atom stereocenters. The van der Waals surface area contributed by atoms with Crippen molar-refractivity contribution in [3.63, 3.8) is 0 Å². The van der Waals surface area contributed by atoms with Crippen molar-refractivity contribution >= 4 is 23.2 Å². The van der Waals surface area contributed by atoms with Crippen LogP contribution in [0.5, 0.6) is 0 Å². The Labute approximate surface area is 143 Å². The summed E-state index contributed by atoms with van der Waals surface area (Å²) in [4.78, 5) is 24.3. The van der Waals surface area contributed by atoms with E-state index in [1.54, 1.807) is 24.3 Å². The molecular weight excluding hydrogens is 326 g/mol. The summed E-state index contributed by atoms with van der Waals surface area (Å²) in [6.07, 6.45) is 0. The first-order chi connectivity index (χ1) is 11.6. The number of nitrogens with zero attached hydrogens (tertiary/aromatic N) is 2. The first kappa shape index (κ1) is 16.0. The molecule has 5 nitrogen and oxygen atoms in total. The first-order valence-electron chi connectivity index (χ1n) is 7.31. The number of amides is 1. The van der Waals surface area contributed by atoms with E-state index < -0.39 is 5.91 Å². The number of benzene rings is 2. The lowest BCUT2D eigenvalue weighted by Gasteiger charge is -2.09. The van der Waals surface area contributed by atoms with E-state index >= 15 is 0 Å². The Hall–Kier alpha value is -2.92. The normalized spacial score (nSPS) is 10.4. The quantitative estimate of drug-likeness (QED) is 0.794. The third kappa shape index (κ3) is 3.70. The van der Waals surface area contributed by atoms with Crippen molar-refractivity contribution in [1.29, 1.82) is 0 Å². The van der Waals surface area contributed by atoms with Crippen LogP contribution < -0.4 is 10.9 Å². The van der Waals surface area contributed by atoms with Crippen molar-refractivity contribution in [2.24, 2.45) is 0 Å². The van der Waals surface area contributed by atoms with Crippen LogP contribution in [0.3, 0.4) is 0 Å². The molecule has 1 aromatic heterocycles. The number of rotatable bonds is 4. The van der Waals surface area contributed by atoms with E-state index in [0.717, 1.165) is 5.56 Å². The van der Waals surface area contributed by atoms with Crippen LogP contribution >= 0.6 is 11.6 Å². The molecule has 0 spiro atoms. The highest BCUT2D eigenvalue weighted by Crippen LogP contribution is 2.20. The second-order valence-electron chi connectivity index (χ2n) is 5.13. The Balaban J connectivity index is 1.84. The van der Waals surface area contributed by atoms with Crippen LogP contribution in [0.15, 0.2) is 71.5 Å². The fourth-order valence-corrected chi connectivity index (χ4v) is 2.37. The highest BCUT2D eigenvalue weighted by molar-refractivity contribution is 6.33. The van der Waals surface area contributed by atoms with Gasteiger partial charge in [-0.15, -0.1) is 0 Å². The van der Waals surface area contributed by atoms with Crippen molar-refractivity contribution in [2.75, 3.05) is 5.32 Å². The molecule has 0 unspecified atom stereocenters. The molecule has 0 bridgehead atoms. The van der Waals surface area contributed by atoms with Crippen LogP contribution in [0, 0.1) is 0 Å². The number of para-hydroxylation sites is 1. The number of carbonyl (C=O) groups is 1. The van der Waals surface area contributed by atoms with Gasteiger partial charge >= 0.3 is 0 Å². The van der Waals surface area contributed by atoms with Gasteiger partial charge in [0.05, 0.1) is 17.3 Å². The minimum atomic E-state index is -0.426. The maximum atomic E-state index is 12.3. The zero-order chi connectivity index (χ0) is 16.9. The Morgan fingerprint density at radius 3 is 2.46 bits per heavy atom. The number of hydrogen-bond donors (Lipinski definition) is 1. The second-order valence-corrected chi connectivity index (χ2v) is 5.54. The summed E-state index contributed by atoms with van der Waals surface area (Å²) in [5.41, 5.74) is 1.29. The van der Waals surface area contributed by atoms with Gasteiger partial charge in [0.15, 0.2) is 0 Å². The average Bonchev–Trinajstić information content (AvgIpc) is 2.60. The number of carbonyl (C=O) groups excluding carboxylic acids is 1. The standard InChI is InChI=1S/C18H14ClN3O2/c19-14-8-4-5-9-15(14)20-18(24)16-10-11-17(23)22(21-16)12-13-6-2-1-3-7-13/h1-11H,12H2,(H,20,24). The Bertz CT molecular complexity index is 923. The van der Waals surface area contributed by atoms with E-state index in [1.807, 2.05) is 30.3 Å². The van der Waals surface area contributed by atoms with Gasteiger partial charge in [0.2, 0.25) is 0 Å². The van der Waals surface area contributed by atoms with Crippen molar-refractivity contribution in [1.82, 2.24) is 9.78 Å². The van der Waals surface area contributed by atoms with Crippen LogP contribution in [-0.2, 0) is 6.54 Å². The zero-order valence-corrected chi connectivity index (χ0v) is 13.4. The van der Waals surface area contributed by atoms with Gasteiger partial charge in [-0.1, -0.05) is 54.1 Å². The summed E-state index contributed by atoms with van der Waals surface area (Å²) >= 11 is 6.03. The molecule has 120 valence electrons. The molecule has 24 heavy (non-hydrogen) atoms. The Morgan fingerprint density at radius 2 is 1.71 bits per heavy atom. The Morgan fingerprint density at radius 1 is 1.00 bits per heavy atom. The van der Waals surface area contributed by atoms with Crippen molar-refractivity contribution < 1.29 is 4.79 Å². The minimum absolute atomic E-state index is 0.144. The fraction of sp³-hybridized carbons (Fsp3) is 0.0556. The third-order valence-electron chi connectivity index (χ3n) is 3.40. The van der Waals surface area contributed by atoms with Gasteiger partial charge in [0, 0.05) is 6.07 Å². The first-order valence-corrected chi connectivity index (χ1v) is 7.69. The fourth-order valence-electron chi connectivity index (χ4n) is 2.19. The van der Waals surface area contributed by atoms with E-state index in [4.69, 9.17) is 11.6 Å². The summed E-state index contributed by atoms with van der Waals surface area (Å²) in [6, 6.07) is 19.1. The predicted octanol–water partition coefficient (Wildman–Crippen LogP) is 3.20. The van der Waals surface area contributed by atoms with Crippen molar-refractivity contribution in [2.45, 2.75) is 6.54 Å². The van der Waals surface area contributed by atoms with E-state index in [1.165, 1.54) is 16.8 Å². The van der Waals surface area contributed by atoms with Crippen LogP contribution in [0.1, 0.15) is 16.1 Å². The lowest BCUT2D eigenvalue weighted by Crippen LogP contribution is -2.26. The lowest BCUT2D eigenvalue weighted by molar-refractivity contribution is 0.102. The van der Waals surface area contributed by atoms with Crippen LogP contribution in [0.2, 0.25) is 5.02 Å². The zero-order valence-electron chi connectivity index (χ0n) is 12.6. The van der Waals surface area contributed by atoms with Gasteiger partial charge in [-0.2, -0.15) is 5.10 Å². The minimum Gasteiger partial charge on any atom is -0.319 e. The summed E-state index contributed by atoms with van der Waals surface area (Å²) in [5.74, 6) is -0.426. The highest BCUT2D eigenvalue weighted by atomic mass is 35.5. The molecule has 1 amide bonds. The van der Waals surface area contributed by atoms with Crippen molar-refractivity contribution in [3.8, 4) is 0 Å². The highest BCUT2D eigenvalue weighted by Gasteiger charge is 2.11. The van der Waals surface area contributed by atoms with Gasteiger partial charge in [-0.3, -0.25) is 9.59 Å². The summed E-state index contributed by atoms with van der Waals surface area (Å²) in [6.45, 7) is 0.298. The van der Waals surface area contributed by atoms with E-state index in [9.17, 15) is 9.59 Å². The molecule has 0 aliphatic rings. The maximum absolute atomic E-state index is 12.3. The summed E-state index contributed by atoms with van der Waals surface area (Å²) in [7, 11) is 0.